The number of nitrogens with zero attached hydrogens (tertiary/aromatic N) is 6. The molecule has 1 fully saturated rings. The Morgan fingerprint density at radius 3 is 2.81 bits per heavy atom. The number of allylic oxidation sites excluding steroid dienone is 2. The van der Waals surface area contributed by atoms with Gasteiger partial charge in [0.25, 0.3) is 0 Å². The number of H-pyrrole nitrogens is 1. The van der Waals surface area contributed by atoms with Crippen molar-refractivity contribution < 1.29 is 9.42 Å². The Kier molecular flexibility index (Phi) is 4.58. The highest BCUT2D eigenvalue weighted by molar-refractivity contribution is 5.81. The molecule has 2 aromatic heterocycles. The van der Waals surface area contributed by atoms with E-state index in [0.29, 0.717) is 29.7 Å². The predicted octanol–water partition coefficient (Wildman–Crippen LogP) is 2.67. The number of anilines is 1. The molecule has 2 aliphatic heterocycles. The number of urea groups is 1. The lowest BCUT2D eigenvalue weighted by Gasteiger charge is -2.37. The first-order chi connectivity index (χ1) is 15.1. The van der Waals surface area contributed by atoms with Crippen molar-refractivity contribution in [2.75, 3.05) is 32.5 Å². The highest BCUT2D eigenvalue weighted by Gasteiger charge is 2.37. The molecule has 1 saturated heterocycles. The Balaban J connectivity index is 1.54. The van der Waals surface area contributed by atoms with Crippen molar-refractivity contribution >= 4 is 22.9 Å². The molecule has 0 spiro atoms. The van der Waals surface area contributed by atoms with E-state index in [-0.39, 0.29) is 17.9 Å². The van der Waals surface area contributed by atoms with Crippen molar-refractivity contribution in [3.05, 3.63) is 46.8 Å². The average molecular weight is 418 g/mol. The van der Waals surface area contributed by atoms with Crippen molar-refractivity contribution in [1.82, 2.24) is 30.3 Å². The minimum absolute atomic E-state index is 0.0171. The molecule has 0 bridgehead atoms. The van der Waals surface area contributed by atoms with Gasteiger partial charge >= 0.3 is 6.03 Å². The molecule has 10 heteroatoms. The monoisotopic (exact) mass is 418 g/mol. The quantitative estimate of drug-likeness (QED) is 0.655. The van der Waals surface area contributed by atoms with Crippen molar-refractivity contribution in [1.29, 1.82) is 5.26 Å². The summed E-state index contributed by atoms with van der Waals surface area (Å²) in [7, 11) is 3.52. The summed E-state index contributed by atoms with van der Waals surface area (Å²) in [6.45, 7) is 1.30. The zero-order valence-electron chi connectivity index (χ0n) is 17.3. The number of fused-ring (bicyclic) bond motifs is 2. The number of rotatable bonds is 2. The Bertz CT molecular complexity index is 1210. The minimum Gasteiger partial charge on any atom is -0.343 e. The summed E-state index contributed by atoms with van der Waals surface area (Å²) in [5.41, 5.74) is 4.56. The smallest absolute Gasteiger partial charge is 0.319 e. The first-order valence-corrected chi connectivity index (χ1v) is 10.2. The second-order valence-corrected chi connectivity index (χ2v) is 8.12. The van der Waals surface area contributed by atoms with Gasteiger partial charge < -0.3 is 15.1 Å². The van der Waals surface area contributed by atoms with E-state index in [0.717, 1.165) is 35.5 Å². The van der Waals surface area contributed by atoms with Crippen LogP contribution in [0.3, 0.4) is 0 Å². The standard InChI is InChI=1S/C21H22N8O2/c1-28(2)21(30)29-8-6-12(7-9-29)18-14(10-22)17(15-11-23-25-20(15)24-18)13-4-3-5-16-19(13)27-31-26-16/h3-5,11-12,17H,6-9H2,1-2H3,(H2,23,24,25). The topological polar surface area (TPSA) is 127 Å². The van der Waals surface area contributed by atoms with Crippen LogP contribution < -0.4 is 5.32 Å². The summed E-state index contributed by atoms with van der Waals surface area (Å²) in [5.74, 6) is 0.584. The van der Waals surface area contributed by atoms with Crippen LogP contribution in [0, 0.1) is 17.2 Å². The Morgan fingerprint density at radius 1 is 1.26 bits per heavy atom. The van der Waals surface area contributed by atoms with Gasteiger partial charge in [-0.2, -0.15) is 10.4 Å². The molecule has 1 aromatic carbocycles. The van der Waals surface area contributed by atoms with Crippen LogP contribution >= 0.6 is 0 Å². The number of nitriles is 1. The van der Waals surface area contributed by atoms with Gasteiger partial charge in [0.1, 0.15) is 16.9 Å². The Hall–Kier alpha value is -3.87. The summed E-state index contributed by atoms with van der Waals surface area (Å²) in [6, 6.07) is 8.14. The molecule has 1 atom stereocenters. The van der Waals surface area contributed by atoms with E-state index >= 15 is 0 Å². The zero-order chi connectivity index (χ0) is 21.5. The van der Waals surface area contributed by atoms with Crippen LogP contribution in [0.1, 0.15) is 29.9 Å². The molecule has 31 heavy (non-hydrogen) atoms. The summed E-state index contributed by atoms with van der Waals surface area (Å²) in [5, 5.41) is 28.9. The van der Waals surface area contributed by atoms with Crippen molar-refractivity contribution in [3.8, 4) is 6.07 Å². The van der Waals surface area contributed by atoms with E-state index in [2.05, 4.69) is 31.9 Å². The number of likely N-dealkylation sites (tertiary alicyclic amines) is 1. The Labute approximate surface area is 178 Å². The van der Waals surface area contributed by atoms with Crippen LogP contribution in [0.4, 0.5) is 10.6 Å². The lowest BCUT2D eigenvalue weighted by molar-refractivity contribution is 0.152. The second kappa shape index (κ2) is 7.43. The van der Waals surface area contributed by atoms with Gasteiger partial charge in [-0.1, -0.05) is 12.1 Å². The number of hydrogen-bond donors (Lipinski definition) is 2. The maximum atomic E-state index is 12.3. The molecule has 0 radical (unpaired) electrons. The van der Waals surface area contributed by atoms with E-state index in [4.69, 9.17) is 4.63 Å². The molecule has 4 heterocycles. The third-order valence-electron chi connectivity index (χ3n) is 6.12. The number of aromatic amines is 1. The fourth-order valence-corrected chi connectivity index (χ4v) is 4.60. The summed E-state index contributed by atoms with van der Waals surface area (Å²) >= 11 is 0. The zero-order valence-corrected chi connectivity index (χ0v) is 17.3. The highest BCUT2D eigenvalue weighted by atomic mass is 16.6. The molecule has 2 N–H and O–H groups in total. The first-order valence-electron chi connectivity index (χ1n) is 10.2. The van der Waals surface area contributed by atoms with E-state index in [1.165, 1.54) is 0 Å². The summed E-state index contributed by atoms with van der Waals surface area (Å²) in [4.78, 5) is 15.8. The minimum atomic E-state index is -0.327. The lowest BCUT2D eigenvalue weighted by Crippen LogP contribution is -2.44. The van der Waals surface area contributed by atoms with Gasteiger partial charge in [0.05, 0.1) is 23.8 Å². The normalized spacial score (nSPS) is 19.1. The SMILES string of the molecule is CN(C)C(=O)N1CCC(C2=C(C#N)C(c3cccc4nonc34)c3cn[nH]c3N2)CC1. The van der Waals surface area contributed by atoms with Gasteiger partial charge in [-0.3, -0.25) is 5.10 Å². The van der Waals surface area contributed by atoms with Crippen LogP contribution in [0.2, 0.25) is 0 Å². The van der Waals surface area contributed by atoms with Crippen molar-refractivity contribution in [2.45, 2.75) is 18.8 Å². The Morgan fingerprint density at radius 2 is 2.06 bits per heavy atom. The first kappa shape index (κ1) is 19.1. The molecular formula is C21H22N8O2. The van der Waals surface area contributed by atoms with E-state index in [1.54, 1.807) is 25.2 Å². The van der Waals surface area contributed by atoms with Gasteiger partial charge in [-0.15, -0.1) is 0 Å². The molecule has 2 amide bonds. The van der Waals surface area contributed by atoms with Crippen LogP contribution in [-0.4, -0.2) is 63.5 Å². The number of amides is 2. The number of carbonyl (C=O) groups excluding carboxylic acids is 1. The summed E-state index contributed by atoms with van der Waals surface area (Å²) < 4.78 is 4.95. The third-order valence-corrected chi connectivity index (χ3v) is 6.12. The second-order valence-electron chi connectivity index (χ2n) is 8.12. The number of carbonyl (C=O) groups is 1. The van der Waals surface area contributed by atoms with Gasteiger partial charge in [-0.05, 0) is 34.8 Å². The number of benzene rings is 1. The maximum absolute atomic E-state index is 12.3. The number of hydrogen-bond acceptors (Lipinski definition) is 7. The molecule has 0 saturated carbocycles. The van der Waals surface area contributed by atoms with Crippen molar-refractivity contribution in [3.63, 3.8) is 0 Å². The molecular weight excluding hydrogens is 396 g/mol. The largest absolute Gasteiger partial charge is 0.343 e. The lowest BCUT2D eigenvalue weighted by atomic mass is 9.78. The number of piperidine rings is 1. The van der Waals surface area contributed by atoms with Gasteiger partial charge in [-0.25, -0.2) is 9.42 Å². The van der Waals surface area contributed by atoms with Gasteiger partial charge in [0.2, 0.25) is 0 Å². The molecule has 1 unspecified atom stereocenters. The molecule has 10 nitrogen and oxygen atoms in total. The molecule has 0 aliphatic carbocycles. The van der Waals surface area contributed by atoms with Crippen LogP contribution in [-0.2, 0) is 0 Å². The van der Waals surface area contributed by atoms with Gasteiger partial charge in [0.15, 0.2) is 0 Å². The molecule has 2 aliphatic rings. The van der Waals surface area contributed by atoms with E-state index < -0.39 is 0 Å². The molecule has 3 aromatic rings. The fraction of sp³-hybridized carbons (Fsp3) is 0.381. The fourth-order valence-electron chi connectivity index (χ4n) is 4.60. The van der Waals surface area contributed by atoms with E-state index in [1.807, 2.05) is 23.1 Å². The van der Waals surface area contributed by atoms with Crippen LogP contribution in [0.5, 0.6) is 0 Å². The third kappa shape index (κ3) is 3.09. The summed E-state index contributed by atoms with van der Waals surface area (Å²) in [6.07, 6.45) is 3.30. The molecule has 158 valence electrons. The molecule has 5 rings (SSSR count). The maximum Gasteiger partial charge on any atom is 0.319 e. The predicted molar refractivity (Wildman–Crippen MR) is 112 cm³/mol. The average Bonchev–Trinajstić information content (AvgIpc) is 3.46. The van der Waals surface area contributed by atoms with Crippen LogP contribution in [0.15, 0.2) is 40.3 Å². The van der Waals surface area contributed by atoms with Crippen LogP contribution in [0.25, 0.3) is 11.0 Å². The number of aromatic nitrogens is 4. The van der Waals surface area contributed by atoms with Gasteiger partial charge in [0, 0.05) is 44.4 Å². The van der Waals surface area contributed by atoms with Crippen molar-refractivity contribution in [2.24, 2.45) is 5.92 Å². The number of nitrogens with one attached hydrogen (secondary N) is 2. The van der Waals surface area contributed by atoms with E-state index in [9.17, 15) is 10.1 Å². The highest BCUT2D eigenvalue weighted by Crippen LogP contribution is 2.45.